The van der Waals surface area contributed by atoms with E-state index in [2.05, 4.69) is 6.58 Å². The summed E-state index contributed by atoms with van der Waals surface area (Å²) in [6.07, 6.45) is 0.725. The molecule has 202 valence electrons. The SMILES string of the molecule is C=C(C[SiH2]OC)n1c(=O)n(CCC[Si](OC)(OC)OC)c(=O)n(CCC[Si](OC)(OC)OC)c1=O. The van der Waals surface area contributed by atoms with Crippen LogP contribution in [-0.4, -0.2) is 90.8 Å². The molecule has 0 amide bonds. The summed E-state index contributed by atoms with van der Waals surface area (Å²) in [6.45, 7) is 3.99. The van der Waals surface area contributed by atoms with Crippen LogP contribution in [0.1, 0.15) is 12.8 Å². The van der Waals surface area contributed by atoms with Crippen molar-refractivity contribution in [3.8, 4) is 0 Å². The van der Waals surface area contributed by atoms with Gasteiger partial charge in [-0.15, -0.1) is 0 Å². The molecule has 0 N–H and O–H groups in total. The number of nitrogens with zero attached hydrogens (tertiary/aromatic N) is 3. The van der Waals surface area contributed by atoms with Gasteiger partial charge in [0.25, 0.3) is 0 Å². The average molecular weight is 554 g/mol. The Bertz CT molecular complexity index is 905. The number of rotatable bonds is 18. The van der Waals surface area contributed by atoms with Crippen molar-refractivity contribution in [1.82, 2.24) is 13.7 Å². The maximum absolute atomic E-state index is 13.2. The molecule has 0 spiro atoms. The minimum Gasteiger partial charge on any atom is -0.427 e. The van der Waals surface area contributed by atoms with Gasteiger partial charge in [0.1, 0.15) is 0 Å². The third-order valence-corrected chi connectivity index (χ3v) is 12.7. The normalized spacial score (nSPS) is 12.7. The van der Waals surface area contributed by atoms with Gasteiger partial charge in [-0.05, 0) is 12.8 Å². The van der Waals surface area contributed by atoms with Gasteiger partial charge in [0.05, 0.1) is 0 Å². The predicted octanol–water partition coefficient (Wildman–Crippen LogP) is -0.673. The predicted molar refractivity (Wildman–Crippen MR) is 137 cm³/mol. The van der Waals surface area contributed by atoms with E-state index in [-0.39, 0.29) is 13.1 Å². The first-order chi connectivity index (χ1) is 16.6. The summed E-state index contributed by atoms with van der Waals surface area (Å²) >= 11 is 0. The van der Waals surface area contributed by atoms with Crippen LogP contribution in [0.25, 0.3) is 5.70 Å². The highest BCUT2D eigenvalue weighted by Gasteiger charge is 2.38. The van der Waals surface area contributed by atoms with Crippen LogP contribution in [0.4, 0.5) is 0 Å². The molecule has 0 radical (unpaired) electrons. The van der Waals surface area contributed by atoms with Gasteiger partial charge in [0, 0.05) is 86.7 Å². The Balaban J connectivity index is 3.38. The zero-order valence-electron chi connectivity index (χ0n) is 21.8. The van der Waals surface area contributed by atoms with Gasteiger partial charge in [-0.3, -0.25) is 0 Å². The number of aromatic nitrogens is 3. The molecule has 0 aromatic carbocycles. The van der Waals surface area contributed by atoms with E-state index in [4.69, 9.17) is 31.0 Å². The molecule has 1 aromatic rings. The standard InChI is InChI=1S/C19H39N3O10Si3/c1-16(15-33-26-2)22-18(24)20(11-9-13-34(27-3,28-4)29-5)17(23)21(19(22)25)12-10-14-35(30-6,31-7)32-8/h1,9-15,33H2,2-8H3. The summed E-state index contributed by atoms with van der Waals surface area (Å²) in [5.74, 6) is 0. The van der Waals surface area contributed by atoms with Gasteiger partial charge in [-0.2, -0.15) is 0 Å². The van der Waals surface area contributed by atoms with Crippen LogP contribution in [-0.2, 0) is 44.1 Å². The molecule has 0 aliphatic rings. The molecule has 0 saturated carbocycles. The van der Waals surface area contributed by atoms with Gasteiger partial charge < -0.3 is 31.0 Å². The smallest absolute Gasteiger partial charge is 0.427 e. The Kier molecular flexibility index (Phi) is 13.5. The molecule has 1 rings (SSSR count). The monoisotopic (exact) mass is 553 g/mol. The molecular weight excluding hydrogens is 514 g/mol. The molecule has 13 nitrogen and oxygen atoms in total. The fourth-order valence-electron chi connectivity index (χ4n) is 3.64. The van der Waals surface area contributed by atoms with Crippen LogP contribution in [0, 0.1) is 0 Å². The first kappa shape index (κ1) is 31.6. The van der Waals surface area contributed by atoms with Crippen LogP contribution in [0.15, 0.2) is 21.0 Å². The molecule has 0 saturated heterocycles. The lowest BCUT2D eigenvalue weighted by Crippen LogP contribution is -2.54. The van der Waals surface area contributed by atoms with Crippen molar-refractivity contribution in [1.29, 1.82) is 0 Å². The molecule has 0 fully saturated rings. The van der Waals surface area contributed by atoms with Crippen molar-refractivity contribution in [2.45, 2.75) is 44.1 Å². The van der Waals surface area contributed by atoms with Crippen LogP contribution in [0.2, 0.25) is 18.1 Å². The fourth-order valence-corrected chi connectivity index (χ4v) is 7.71. The van der Waals surface area contributed by atoms with Gasteiger partial charge in [-0.1, -0.05) is 6.58 Å². The van der Waals surface area contributed by atoms with E-state index < -0.39 is 44.4 Å². The highest BCUT2D eigenvalue weighted by Crippen LogP contribution is 2.16. The van der Waals surface area contributed by atoms with Crippen molar-refractivity contribution in [3.63, 3.8) is 0 Å². The van der Waals surface area contributed by atoms with Crippen molar-refractivity contribution < 1.29 is 31.0 Å². The van der Waals surface area contributed by atoms with E-state index in [1.54, 1.807) is 7.11 Å². The first-order valence-corrected chi connectivity index (χ1v) is 16.5. The molecule has 1 heterocycles. The molecule has 0 aliphatic heterocycles. The highest BCUT2D eigenvalue weighted by atomic mass is 28.4. The van der Waals surface area contributed by atoms with Crippen LogP contribution >= 0.6 is 0 Å². The summed E-state index contributed by atoms with van der Waals surface area (Å²) in [4.78, 5) is 39.6. The van der Waals surface area contributed by atoms with Crippen molar-refractivity contribution in [2.24, 2.45) is 0 Å². The maximum Gasteiger partial charge on any atom is 0.500 e. The summed E-state index contributed by atoms with van der Waals surface area (Å²) < 4.78 is 40.7. The van der Waals surface area contributed by atoms with Crippen molar-refractivity contribution in [3.05, 3.63) is 38.0 Å². The Morgan fingerprint density at radius 2 is 1.09 bits per heavy atom. The summed E-state index contributed by atoms with van der Waals surface area (Å²) in [5.41, 5.74) is -1.88. The lowest BCUT2D eigenvalue weighted by Gasteiger charge is -2.24. The molecular formula is C19H39N3O10Si3. The van der Waals surface area contributed by atoms with Gasteiger partial charge >= 0.3 is 34.7 Å². The third kappa shape index (κ3) is 7.75. The summed E-state index contributed by atoms with van der Waals surface area (Å²) in [6, 6.07) is 1.13. The highest BCUT2D eigenvalue weighted by molar-refractivity contribution is 6.60. The lowest BCUT2D eigenvalue weighted by atomic mass is 10.4. The van der Waals surface area contributed by atoms with Crippen molar-refractivity contribution in [2.75, 3.05) is 49.8 Å². The molecule has 0 aliphatic carbocycles. The van der Waals surface area contributed by atoms with E-state index >= 15 is 0 Å². The minimum absolute atomic E-state index is 0.0463. The molecule has 16 heteroatoms. The van der Waals surface area contributed by atoms with Gasteiger partial charge in [-0.25, -0.2) is 28.1 Å². The second kappa shape index (κ2) is 14.9. The van der Waals surface area contributed by atoms with E-state index in [0.717, 1.165) is 13.7 Å². The topological polar surface area (TPSA) is 131 Å². The second-order valence-electron chi connectivity index (χ2n) is 7.59. The molecule has 0 unspecified atom stereocenters. The second-order valence-corrected chi connectivity index (χ2v) is 15.3. The number of hydrogen-bond donors (Lipinski definition) is 0. The Morgan fingerprint density at radius 1 is 0.714 bits per heavy atom. The third-order valence-electron chi connectivity index (χ3n) is 5.81. The first-order valence-electron chi connectivity index (χ1n) is 11.1. The lowest BCUT2D eigenvalue weighted by molar-refractivity contribution is 0.122. The summed E-state index contributed by atoms with van der Waals surface area (Å²) in [7, 11) is 3.72. The summed E-state index contributed by atoms with van der Waals surface area (Å²) in [5, 5.41) is 0. The zero-order valence-corrected chi connectivity index (χ0v) is 25.2. The zero-order chi connectivity index (χ0) is 26.6. The van der Waals surface area contributed by atoms with E-state index in [1.165, 1.54) is 42.7 Å². The van der Waals surface area contributed by atoms with Crippen LogP contribution < -0.4 is 17.1 Å². The Hall–Kier alpha value is -1.48. The number of allylic oxidation sites excluding steroid dienone is 1. The number of hydrogen-bond acceptors (Lipinski definition) is 10. The largest absolute Gasteiger partial charge is 0.500 e. The maximum atomic E-state index is 13.2. The minimum atomic E-state index is -2.90. The van der Waals surface area contributed by atoms with Crippen molar-refractivity contribution >= 4 is 33.1 Å². The average Bonchev–Trinajstić information content (AvgIpc) is 2.87. The van der Waals surface area contributed by atoms with Gasteiger partial charge in [0.2, 0.25) is 0 Å². The Morgan fingerprint density at radius 3 is 1.40 bits per heavy atom. The fraction of sp³-hybridized carbons (Fsp3) is 0.737. The molecule has 35 heavy (non-hydrogen) atoms. The Labute approximate surface area is 209 Å². The molecule has 1 aromatic heterocycles. The quantitative estimate of drug-likeness (QED) is 0.216. The molecule has 0 bridgehead atoms. The van der Waals surface area contributed by atoms with E-state index in [9.17, 15) is 14.4 Å². The van der Waals surface area contributed by atoms with E-state index in [1.807, 2.05) is 0 Å². The van der Waals surface area contributed by atoms with Crippen LogP contribution in [0.5, 0.6) is 0 Å². The van der Waals surface area contributed by atoms with E-state index in [0.29, 0.717) is 36.7 Å². The molecule has 0 atom stereocenters. The van der Waals surface area contributed by atoms with Gasteiger partial charge in [0.15, 0.2) is 9.76 Å². The van der Waals surface area contributed by atoms with Crippen LogP contribution in [0.3, 0.4) is 0 Å².